The molecule has 7 nitrogen and oxygen atoms in total. The normalized spacial score (nSPS) is 11.1. The van der Waals surface area contributed by atoms with E-state index in [0.717, 1.165) is 0 Å². The summed E-state index contributed by atoms with van der Waals surface area (Å²) in [6, 6.07) is 4.42. The number of benzene rings is 1. The molecule has 0 saturated carbocycles. The second-order valence-electron chi connectivity index (χ2n) is 3.91. The molecule has 0 heterocycles. The molecule has 2 N–H and O–H groups in total. The smallest absolute Gasteiger partial charge is 0.303 e. The molecule has 112 valence electrons. The molecule has 1 aromatic rings. The Labute approximate surface area is 117 Å². The highest BCUT2D eigenvalue weighted by molar-refractivity contribution is 7.89. The van der Waals surface area contributed by atoms with Crippen molar-refractivity contribution in [2.24, 2.45) is 0 Å². The van der Waals surface area contributed by atoms with Crippen LogP contribution in [0.2, 0.25) is 0 Å². The van der Waals surface area contributed by atoms with Crippen LogP contribution in [0.15, 0.2) is 23.1 Å². The van der Waals surface area contributed by atoms with Crippen molar-refractivity contribution in [2.45, 2.75) is 17.7 Å². The topological polar surface area (TPSA) is 102 Å². The zero-order valence-corrected chi connectivity index (χ0v) is 12.1. The van der Waals surface area contributed by atoms with Crippen molar-refractivity contribution in [1.29, 1.82) is 0 Å². The molecule has 0 unspecified atom stereocenters. The Bertz CT molecular complexity index is 569. The Kier molecular flexibility index (Phi) is 5.78. The zero-order chi connectivity index (χ0) is 15.2. The summed E-state index contributed by atoms with van der Waals surface area (Å²) in [5.41, 5.74) is 0. The Morgan fingerprint density at radius 1 is 1.30 bits per heavy atom. The zero-order valence-electron chi connectivity index (χ0n) is 11.3. The van der Waals surface area contributed by atoms with Gasteiger partial charge in [0.1, 0.15) is 16.4 Å². The SMILES string of the molecule is COc1ccc(OC)c(S(=O)(=O)NCCCC(=O)O)c1. The van der Waals surface area contributed by atoms with Gasteiger partial charge >= 0.3 is 5.97 Å². The highest BCUT2D eigenvalue weighted by atomic mass is 32.2. The molecular weight excluding hydrogens is 286 g/mol. The van der Waals surface area contributed by atoms with Crippen molar-refractivity contribution < 1.29 is 27.8 Å². The lowest BCUT2D eigenvalue weighted by molar-refractivity contribution is -0.137. The van der Waals surface area contributed by atoms with Gasteiger partial charge in [-0.2, -0.15) is 0 Å². The number of hydrogen-bond donors (Lipinski definition) is 2. The Balaban J connectivity index is 2.87. The van der Waals surface area contributed by atoms with Gasteiger partial charge in [-0.15, -0.1) is 0 Å². The van der Waals surface area contributed by atoms with Crippen molar-refractivity contribution in [2.75, 3.05) is 20.8 Å². The fourth-order valence-corrected chi connectivity index (χ4v) is 2.77. The van der Waals surface area contributed by atoms with Gasteiger partial charge in [0.05, 0.1) is 14.2 Å². The molecule has 0 amide bonds. The van der Waals surface area contributed by atoms with E-state index in [0.29, 0.717) is 5.75 Å². The standard InChI is InChI=1S/C12H17NO6S/c1-18-9-5-6-10(19-2)11(8-9)20(16,17)13-7-3-4-12(14)15/h5-6,8,13H,3-4,7H2,1-2H3,(H,14,15). The van der Waals surface area contributed by atoms with Crippen LogP contribution in [-0.4, -0.2) is 40.3 Å². The maximum absolute atomic E-state index is 12.1. The number of methoxy groups -OCH3 is 2. The van der Waals surface area contributed by atoms with Crippen LogP contribution < -0.4 is 14.2 Å². The van der Waals surface area contributed by atoms with Crippen LogP contribution in [0.1, 0.15) is 12.8 Å². The summed E-state index contributed by atoms with van der Waals surface area (Å²) in [7, 11) is -0.986. The van der Waals surface area contributed by atoms with E-state index < -0.39 is 16.0 Å². The van der Waals surface area contributed by atoms with Gasteiger partial charge in [-0.3, -0.25) is 4.79 Å². The third-order valence-corrected chi connectivity index (χ3v) is 4.00. The highest BCUT2D eigenvalue weighted by Gasteiger charge is 2.20. The molecular formula is C12H17NO6S. The Morgan fingerprint density at radius 2 is 2.00 bits per heavy atom. The van der Waals surface area contributed by atoms with E-state index in [9.17, 15) is 13.2 Å². The van der Waals surface area contributed by atoms with Gasteiger partial charge in [0, 0.05) is 19.0 Å². The van der Waals surface area contributed by atoms with E-state index in [-0.39, 0.29) is 30.0 Å². The number of ether oxygens (including phenoxy) is 2. The molecule has 0 atom stereocenters. The molecule has 20 heavy (non-hydrogen) atoms. The van der Waals surface area contributed by atoms with Crippen LogP contribution >= 0.6 is 0 Å². The van der Waals surface area contributed by atoms with Crippen molar-refractivity contribution >= 4 is 16.0 Å². The van der Waals surface area contributed by atoms with Crippen molar-refractivity contribution in [3.63, 3.8) is 0 Å². The van der Waals surface area contributed by atoms with Crippen LogP contribution in [0.4, 0.5) is 0 Å². The van der Waals surface area contributed by atoms with E-state index in [1.165, 1.54) is 26.4 Å². The molecule has 0 spiro atoms. The highest BCUT2D eigenvalue weighted by Crippen LogP contribution is 2.27. The van der Waals surface area contributed by atoms with E-state index in [4.69, 9.17) is 14.6 Å². The van der Waals surface area contributed by atoms with Gasteiger partial charge in [0.25, 0.3) is 0 Å². The first-order valence-electron chi connectivity index (χ1n) is 5.84. The second-order valence-corrected chi connectivity index (χ2v) is 5.65. The minimum Gasteiger partial charge on any atom is -0.497 e. The molecule has 0 radical (unpaired) electrons. The summed E-state index contributed by atoms with van der Waals surface area (Å²) < 4.78 is 36.6. The van der Waals surface area contributed by atoms with Crippen LogP contribution in [0.5, 0.6) is 11.5 Å². The van der Waals surface area contributed by atoms with Crippen LogP contribution in [0, 0.1) is 0 Å². The number of aliphatic carboxylic acids is 1. The molecule has 1 aromatic carbocycles. The van der Waals surface area contributed by atoms with Gasteiger partial charge < -0.3 is 14.6 Å². The molecule has 0 aliphatic rings. The summed E-state index contributed by atoms with van der Waals surface area (Å²) >= 11 is 0. The summed E-state index contributed by atoms with van der Waals surface area (Å²) in [6.45, 7) is 0.0367. The van der Waals surface area contributed by atoms with E-state index >= 15 is 0 Å². The predicted molar refractivity (Wildman–Crippen MR) is 71.6 cm³/mol. The first-order valence-corrected chi connectivity index (χ1v) is 7.32. The second kappa shape index (κ2) is 7.11. The predicted octanol–water partition coefficient (Wildman–Crippen LogP) is 0.847. The lowest BCUT2D eigenvalue weighted by atomic mass is 10.3. The monoisotopic (exact) mass is 303 g/mol. The minimum absolute atomic E-state index is 0.0367. The number of carboxylic acid groups (broad SMARTS) is 1. The molecule has 0 aliphatic carbocycles. The molecule has 0 aliphatic heterocycles. The fourth-order valence-electron chi connectivity index (χ4n) is 1.52. The largest absolute Gasteiger partial charge is 0.497 e. The van der Waals surface area contributed by atoms with E-state index in [1.807, 2.05) is 0 Å². The summed E-state index contributed by atoms with van der Waals surface area (Å²) in [5, 5.41) is 8.50. The van der Waals surface area contributed by atoms with E-state index in [1.54, 1.807) is 6.07 Å². The first kappa shape index (κ1) is 16.3. The number of nitrogens with one attached hydrogen (secondary N) is 1. The Hall–Kier alpha value is -1.80. The van der Waals surface area contributed by atoms with Crippen LogP contribution in [-0.2, 0) is 14.8 Å². The van der Waals surface area contributed by atoms with Crippen LogP contribution in [0.3, 0.4) is 0 Å². The maximum atomic E-state index is 12.1. The Morgan fingerprint density at radius 3 is 2.55 bits per heavy atom. The van der Waals surface area contributed by atoms with Crippen LogP contribution in [0.25, 0.3) is 0 Å². The quantitative estimate of drug-likeness (QED) is 0.690. The average molecular weight is 303 g/mol. The third kappa shape index (κ3) is 4.39. The summed E-state index contributed by atoms with van der Waals surface area (Å²) in [6.07, 6.45) is 0.110. The molecule has 0 aromatic heterocycles. The molecule has 0 saturated heterocycles. The fraction of sp³-hybridized carbons (Fsp3) is 0.417. The third-order valence-electron chi connectivity index (χ3n) is 2.52. The lowest BCUT2D eigenvalue weighted by Gasteiger charge is -2.11. The molecule has 0 bridgehead atoms. The molecule has 8 heteroatoms. The lowest BCUT2D eigenvalue weighted by Crippen LogP contribution is -2.25. The first-order chi connectivity index (χ1) is 9.40. The molecule has 1 rings (SSSR count). The summed E-state index contributed by atoms with van der Waals surface area (Å²) in [4.78, 5) is 10.3. The van der Waals surface area contributed by atoms with Crippen molar-refractivity contribution in [3.05, 3.63) is 18.2 Å². The van der Waals surface area contributed by atoms with Crippen molar-refractivity contribution in [3.8, 4) is 11.5 Å². The number of rotatable bonds is 8. The van der Waals surface area contributed by atoms with E-state index in [2.05, 4.69) is 4.72 Å². The van der Waals surface area contributed by atoms with Gasteiger partial charge in [-0.25, -0.2) is 13.1 Å². The van der Waals surface area contributed by atoms with Crippen molar-refractivity contribution in [1.82, 2.24) is 4.72 Å². The number of carbonyl (C=O) groups is 1. The van der Waals surface area contributed by atoms with Gasteiger partial charge in [-0.05, 0) is 18.6 Å². The summed E-state index contributed by atoms with van der Waals surface area (Å²) in [5.74, 6) is -0.392. The van der Waals surface area contributed by atoms with Gasteiger partial charge in [0.2, 0.25) is 10.0 Å². The average Bonchev–Trinajstić information content (AvgIpc) is 2.42. The number of hydrogen-bond acceptors (Lipinski definition) is 5. The van der Waals surface area contributed by atoms with Gasteiger partial charge in [-0.1, -0.05) is 0 Å². The maximum Gasteiger partial charge on any atom is 0.303 e. The minimum atomic E-state index is -3.78. The number of carboxylic acids is 1. The van der Waals surface area contributed by atoms with Gasteiger partial charge in [0.15, 0.2) is 0 Å². The molecule has 0 fully saturated rings. The number of sulfonamides is 1.